The molecule has 2 atom stereocenters. The van der Waals surface area contributed by atoms with Gasteiger partial charge in [0.05, 0.1) is 6.61 Å². The van der Waals surface area contributed by atoms with E-state index in [1.165, 1.54) is 0 Å². The number of nitrogens with one attached hydrogen (secondary N) is 1. The molecule has 1 saturated carbocycles. The molecule has 1 saturated heterocycles. The van der Waals surface area contributed by atoms with Crippen LogP contribution in [0.2, 0.25) is 0 Å². The molecule has 0 spiro atoms. The van der Waals surface area contributed by atoms with Gasteiger partial charge in [0, 0.05) is 13.2 Å². The second-order valence-corrected chi connectivity index (χ2v) is 6.86. The van der Waals surface area contributed by atoms with Gasteiger partial charge in [-0.05, 0) is 38.0 Å². The van der Waals surface area contributed by atoms with Gasteiger partial charge in [0.25, 0.3) is 0 Å². The summed E-state index contributed by atoms with van der Waals surface area (Å²) in [6, 6.07) is -0.355. The van der Waals surface area contributed by atoms with E-state index >= 15 is 0 Å². The lowest BCUT2D eigenvalue weighted by Crippen LogP contribution is -2.70. The van der Waals surface area contributed by atoms with Crippen LogP contribution < -0.4 is 5.32 Å². The van der Waals surface area contributed by atoms with E-state index in [2.05, 4.69) is 19.2 Å². The predicted molar refractivity (Wildman–Crippen MR) is 80.7 cm³/mol. The van der Waals surface area contributed by atoms with Crippen molar-refractivity contribution in [2.24, 2.45) is 11.8 Å². The summed E-state index contributed by atoms with van der Waals surface area (Å²) < 4.78 is 5.59. The largest absolute Gasteiger partial charge is 0.379 e. The van der Waals surface area contributed by atoms with E-state index in [0.29, 0.717) is 38.0 Å². The molecular formula is C16H28N2O3. The van der Waals surface area contributed by atoms with E-state index in [9.17, 15) is 9.59 Å². The molecule has 0 aromatic carbocycles. The zero-order valence-electron chi connectivity index (χ0n) is 13.6. The van der Waals surface area contributed by atoms with Gasteiger partial charge in [0.2, 0.25) is 11.8 Å². The van der Waals surface area contributed by atoms with Gasteiger partial charge < -0.3 is 15.0 Å². The van der Waals surface area contributed by atoms with Crippen LogP contribution in [0, 0.1) is 11.8 Å². The number of piperazine rings is 1. The topological polar surface area (TPSA) is 58.6 Å². The van der Waals surface area contributed by atoms with Crippen LogP contribution in [-0.2, 0) is 14.3 Å². The fourth-order valence-corrected chi connectivity index (χ4v) is 3.06. The first-order valence-corrected chi connectivity index (χ1v) is 8.11. The number of rotatable bonds is 7. The summed E-state index contributed by atoms with van der Waals surface area (Å²) in [5, 5.41) is 2.97. The van der Waals surface area contributed by atoms with Crippen molar-refractivity contribution in [3.8, 4) is 0 Å². The Bertz CT molecular complexity index is 406. The minimum absolute atomic E-state index is 0.0182. The van der Waals surface area contributed by atoms with Gasteiger partial charge in [0.1, 0.15) is 11.6 Å². The van der Waals surface area contributed by atoms with E-state index in [1.807, 2.05) is 13.8 Å². The van der Waals surface area contributed by atoms with Crippen LogP contribution in [0.1, 0.15) is 47.0 Å². The first-order chi connectivity index (χ1) is 9.90. The van der Waals surface area contributed by atoms with E-state index in [4.69, 9.17) is 4.74 Å². The van der Waals surface area contributed by atoms with Gasteiger partial charge in [-0.15, -0.1) is 0 Å². The molecule has 5 heteroatoms. The third kappa shape index (κ3) is 3.39. The Hall–Kier alpha value is -1.10. The zero-order chi connectivity index (χ0) is 15.6. The predicted octanol–water partition coefficient (Wildman–Crippen LogP) is 1.56. The highest BCUT2D eigenvalue weighted by molar-refractivity contribution is 6.00. The molecule has 1 aliphatic heterocycles. The molecule has 120 valence electrons. The minimum Gasteiger partial charge on any atom is -0.379 e. The smallest absolute Gasteiger partial charge is 0.249 e. The molecule has 2 unspecified atom stereocenters. The Labute approximate surface area is 127 Å². The number of amides is 2. The maximum absolute atomic E-state index is 12.8. The lowest BCUT2D eigenvalue weighted by Gasteiger charge is -2.44. The van der Waals surface area contributed by atoms with Crippen molar-refractivity contribution >= 4 is 11.8 Å². The van der Waals surface area contributed by atoms with Crippen molar-refractivity contribution in [2.75, 3.05) is 19.8 Å². The molecule has 0 bridgehead atoms. The lowest BCUT2D eigenvalue weighted by atomic mass is 9.89. The number of ether oxygens (including phenoxy) is 1. The van der Waals surface area contributed by atoms with Crippen LogP contribution in [0.5, 0.6) is 0 Å². The Balaban J connectivity index is 2.02. The fraction of sp³-hybridized carbons (Fsp3) is 0.875. The van der Waals surface area contributed by atoms with Crippen molar-refractivity contribution in [1.29, 1.82) is 0 Å². The van der Waals surface area contributed by atoms with E-state index < -0.39 is 5.54 Å². The molecule has 2 amide bonds. The molecule has 2 rings (SSSR count). The second kappa shape index (κ2) is 6.34. The van der Waals surface area contributed by atoms with Crippen molar-refractivity contribution in [3.63, 3.8) is 0 Å². The molecule has 2 aliphatic rings. The van der Waals surface area contributed by atoms with Gasteiger partial charge in [-0.25, -0.2) is 0 Å². The Morgan fingerprint density at radius 3 is 2.57 bits per heavy atom. The molecule has 1 N–H and O–H groups in total. The summed E-state index contributed by atoms with van der Waals surface area (Å²) in [6.45, 7) is 9.69. The molecule has 21 heavy (non-hydrogen) atoms. The molecule has 2 fully saturated rings. The maximum atomic E-state index is 12.8. The van der Waals surface area contributed by atoms with Crippen molar-refractivity contribution in [2.45, 2.75) is 58.5 Å². The summed E-state index contributed by atoms with van der Waals surface area (Å²) in [4.78, 5) is 26.9. The average molecular weight is 296 g/mol. The first-order valence-electron chi connectivity index (χ1n) is 8.11. The summed E-state index contributed by atoms with van der Waals surface area (Å²) in [7, 11) is 0. The summed E-state index contributed by atoms with van der Waals surface area (Å²) >= 11 is 0. The van der Waals surface area contributed by atoms with Gasteiger partial charge >= 0.3 is 0 Å². The fourth-order valence-electron chi connectivity index (χ4n) is 3.06. The van der Waals surface area contributed by atoms with E-state index in [0.717, 1.165) is 12.8 Å². The van der Waals surface area contributed by atoms with E-state index in [-0.39, 0.29) is 17.9 Å². The van der Waals surface area contributed by atoms with E-state index in [1.54, 1.807) is 4.90 Å². The maximum Gasteiger partial charge on any atom is 0.249 e. The monoisotopic (exact) mass is 296 g/mol. The average Bonchev–Trinajstić information content (AvgIpc) is 3.24. The van der Waals surface area contributed by atoms with Crippen molar-refractivity contribution in [1.82, 2.24) is 10.2 Å². The first kappa shape index (κ1) is 16.3. The third-order valence-corrected chi connectivity index (χ3v) is 4.48. The van der Waals surface area contributed by atoms with Gasteiger partial charge in [-0.2, -0.15) is 0 Å². The second-order valence-electron chi connectivity index (χ2n) is 6.86. The number of hydrogen-bond donors (Lipinski definition) is 1. The number of hydrogen-bond acceptors (Lipinski definition) is 3. The van der Waals surface area contributed by atoms with Gasteiger partial charge in [0.15, 0.2) is 0 Å². The van der Waals surface area contributed by atoms with Crippen LogP contribution in [0.3, 0.4) is 0 Å². The molecule has 1 heterocycles. The Morgan fingerprint density at radius 1 is 1.38 bits per heavy atom. The van der Waals surface area contributed by atoms with Crippen LogP contribution in [0.4, 0.5) is 0 Å². The lowest BCUT2D eigenvalue weighted by molar-refractivity contribution is -0.156. The minimum atomic E-state index is -0.708. The standard InChI is InChI=1S/C16H28N2O3/c1-5-13-14(19)17-16(4,12-6-7-12)15(20)18(13)8-9-21-10-11(2)3/h11-13H,5-10H2,1-4H3,(H,17,19). The molecule has 0 radical (unpaired) electrons. The highest BCUT2D eigenvalue weighted by Gasteiger charge is 2.54. The molecule has 0 aromatic rings. The highest BCUT2D eigenvalue weighted by atomic mass is 16.5. The van der Waals surface area contributed by atoms with Crippen LogP contribution in [0.25, 0.3) is 0 Å². The van der Waals surface area contributed by atoms with Crippen molar-refractivity contribution in [3.05, 3.63) is 0 Å². The quantitative estimate of drug-likeness (QED) is 0.725. The highest BCUT2D eigenvalue weighted by Crippen LogP contribution is 2.42. The van der Waals surface area contributed by atoms with Crippen LogP contribution >= 0.6 is 0 Å². The molecule has 1 aliphatic carbocycles. The molecule has 5 nitrogen and oxygen atoms in total. The summed E-state index contributed by atoms with van der Waals surface area (Å²) in [6.07, 6.45) is 2.69. The van der Waals surface area contributed by atoms with Gasteiger partial charge in [-0.1, -0.05) is 20.8 Å². The SMILES string of the molecule is CCC1C(=O)NC(C)(C2CC2)C(=O)N1CCOCC(C)C. The summed E-state index contributed by atoms with van der Waals surface area (Å²) in [5.74, 6) is 0.815. The number of carbonyl (C=O) groups excluding carboxylic acids is 2. The van der Waals surface area contributed by atoms with Crippen molar-refractivity contribution < 1.29 is 14.3 Å². The van der Waals surface area contributed by atoms with Gasteiger partial charge in [-0.3, -0.25) is 9.59 Å². The number of nitrogens with zero attached hydrogens (tertiary/aromatic N) is 1. The third-order valence-electron chi connectivity index (χ3n) is 4.48. The normalized spacial score (nSPS) is 30.0. The Morgan fingerprint density at radius 2 is 2.05 bits per heavy atom. The molecular weight excluding hydrogens is 268 g/mol. The number of carbonyl (C=O) groups is 2. The van der Waals surface area contributed by atoms with Crippen LogP contribution in [0.15, 0.2) is 0 Å². The Kier molecular flexibility index (Phi) is 4.91. The van der Waals surface area contributed by atoms with Crippen LogP contribution in [-0.4, -0.2) is 48.1 Å². The summed E-state index contributed by atoms with van der Waals surface area (Å²) in [5.41, 5.74) is -0.708. The zero-order valence-corrected chi connectivity index (χ0v) is 13.6. The molecule has 0 aromatic heterocycles.